The van der Waals surface area contributed by atoms with E-state index < -0.39 is 0 Å². The fourth-order valence-electron chi connectivity index (χ4n) is 2.76. The number of hydrogen-bond donors (Lipinski definition) is 0. The van der Waals surface area contributed by atoms with E-state index in [0.717, 1.165) is 16.1 Å². The van der Waals surface area contributed by atoms with Crippen LogP contribution in [0.15, 0.2) is 64.1 Å². The van der Waals surface area contributed by atoms with Gasteiger partial charge in [0, 0.05) is 10.9 Å². The molecule has 25 heavy (non-hydrogen) atoms. The SMILES string of the molecule is Cc1cc(SCc2nc(-c3ccccc3)no2)nc2c(C)cccc12. The molecular formula is C20H17N3OS. The molecule has 0 saturated carbocycles. The van der Waals surface area contributed by atoms with Crippen LogP contribution in [0.2, 0.25) is 0 Å². The molecule has 5 heteroatoms. The summed E-state index contributed by atoms with van der Waals surface area (Å²) < 4.78 is 5.37. The Kier molecular flexibility index (Phi) is 4.24. The normalized spacial score (nSPS) is 11.1. The molecule has 0 aliphatic carbocycles. The molecule has 2 heterocycles. The first-order chi connectivity index (χ1) is 12.2. The summed E-state index contributed by atoms with van der Waals surface area (Å²) in [4.78, 5) is 9.26. The molecule has 0 unspecified atom stereocenters. The van der Waals surface area contributed by atoms with E-state index in [2.05, 4.69) is 48.3 Å². The van der Waals surface area contributed by atoms with Gasteiger partial charge in [0.1, 0.15) is 0 Å². The van der Waals surface area contributed by atoms with Gasteiger partial charge in [-0.1, -0.05) is 65.4 Å². The van der Waals surface area contributed by atoms with Crippen molar-refractivity contribution in [1.29, 1.82) is 0 Å². The molecule has 0 aliphatic rings. The van der Waals surface area contributed by atoms with Gasteiger partial charge in [-0.15, -0.1) is 0 Å². The van der Waals surface area contributed by atoms with E-state index in [4.69, 9.17) is 9.51 Å². The van der Waals surface area contributed by atoms with Crippen molar-refractivity contribution >= 4 is 22.7 Å². The molecule has 0 spiro atoms. The lowest BCUT2D eigenvalue weighted by molar-refractivity contribution is 0.391. The summed E-state index contributed by atoms with van der Waals surface area (Å²) >= 11 is 1.61. The molecule has 2 aromatic carbocycles. The summed E-state index contributed by atoms with van der Waals surface area (Å²) in [5.74, 6) is 1.83. The van der Waals surface area contributed by atoms with E-state index in [0.29, 0.717) is 17.5 Å². The molecular weight excluding hydrogens is 330 g/mol. The third kappa shape index (κ3) is 3.28. The van der Waals surface area contributed by atoms with Gasteiger partial charge in [-0.2, -0.15) is 4.98 Å². The van der Waals surface area contributed by atoms with Crippen LogP contribution in [-0.4, -0.2) is 15.1 Å². The molecule has 0 saturated heterocycles. The highest BCUT2D eigenvalue weighted by Gasteiger charge is 2.10. The number of thioether (sulfide) groups is 1. The van der Waals surface area contributed by atoms with E-state index in [9.17, 15) is 0 Å². The van der Waals surface area contributed by atoms with E-state index >= 15 is 0 Å². The number of pyridine rings is 1. The van der Waals surface area contributed by atoms with Gasteiger partial charge in [0.15, 0.2) is 0 Å². The predicted octanol–water partition coefficient (Wildman–Crippen LogP) is 5.19. The summed E-state index contributed by atoms with van der Waals surface area (Å²) in [6, 6.07) is 18.2. The first-order valence-corrected chi connectivity index (χ1v) is 9.07. The van der Waals surface area contributed by atoms with Crippen LogP contribution in [-0.2, 0) is 5.75 Å². The maximum atomic E-state index is 5.37. The number of hydrogen-bond acceptors (Lipinski definition) is 5. The van der Waals surface area contributed by atoms with Crippen LogP contribution in [0.5, 0.6) is 0 Å². The molecule has 0 atom stereocenters. The second-order valence-corrected chi connectivity index (χ2v) is 6.91. The quantitative estimate of drug-likeness (QED) is 0.475. The average molecular weight is 347 g/mol. The van der Waals surface area contributed by atoms with Crippen molar-refractivity contribution in [3.63, 3.8) is 0 Å². The minimum atomic E-state index is 0.601. The molecule has 4 aromatic rings. The third-order valence-corrected chi connectivity index (χ3v) is 4.96. The first-order valence-electron chi connectivity index (χ1n) is 8.08. The molecule has 0 amide bonds. The van der Waals surface area contributed by atoms with Crippen molar-refractivity contribution in [2.24, 2.45) is 0 Å². The van der Waals surface area contributed by atoms with E-state index in [-0.39, 0.29) is 0 Å². The van der Waals surface area contributed by atoms with Crippen LogP contribution in [0.25, 0.3) is 22.3 Å². The summed E-state index contributed by atoms with van der Waals surface area (Å²) in [7, 11) is 0. The molecule has 2 aromatic heterocycles. The van der Waals surface area contributed by atoms with Crippen LogP contribution in [0.4, 0.5) is 0 Å². The molecule has 4 nitrogen and oxygen atoms in total. The second kappa shape index (κ2) is 6.69. The lowest BCUT2D eigenvalue weighted by Gasteiger charge is -2.07. The van der Waals surface area contributed by atoms with Crippen molar-refractivity contribution in [1.82, 2.24) is 15.1 Å². The average Bonchev–Trinajstić information content (AvgIpc) is 3.11. The number of fused-ring (bicyclic) bond motifs is 1. The largest absolute Gasteiger partial charge is 0.338 e. The fraction of sp³-hybridized carbons (Fsp3) is 0.150. The minimum absolute atomic E-state index is 0.601. The standard InChI is InChI=1S/C20H17N3OS/c1-13-7-6-10-16-14(2)11-18(22-19(13)16)25-12-17-21-20(23-24-17)15-8-4-3-5-9-15/h3-11H,12H2,1-2H3. The number of nitrogens with zero attached hydrogens (tertiary/aromatic N) is 3. The zero-order chi connectivity index (χ0) is 17.2. The van der Waals surface area contributed by atoms with E-state index in [1.807, 2.05) is 30.3 Å². The van der Waals surface area contributed by atoms with Crippen LogP contribution < -0.4 is 0 Å². The minimum Gasteiger partial charge on any atom is -0.338 e. The summed E-state index contributed by atoms with van der Waals surface area (Å²) in [5.41, 5.74) is 4.43. The number of aromatic nitrogens is 3. The Labute approximate surface area is 150 Å². The summed E-state index contributed by atoms with van der Waals surface area (Å²) in [6.45, 7) is 4.21. The van der Waals surface area contributed by atoms with E-state index in [1.54, 1.807) is 11.8 Å². The first kappa shape index (κ1) is 15.8. The maximum Gasteiger partial charge on any atom is 0.237 e. The third-order valence-electron chi connectivity index (χ3n) is 4.07. The predicted molar refractivity (Wildman–Crippen MR) is 101 cm³/mol. The van der Waals surface area contributed by atoms with Gasteiger partial charge >= 0.3 is 0 Å². The van der Waals surface area contributed by atoms with Gasteiger partial charge in [0.05, 0.1) is 16.3 Å². The van der Waals surface area contributed by atoms with E-state index in [1.165, 1.54) is 16.5 Å². The van der Waals surface area contributed by atoms with Crippen LogP contribution >= 0.6 is 11.8 Å². The Bertz CT molecular complexity index is 1030. The van der Waals surface area contributed by atoms with Crippen LogP contribution in [0, 0.1) is 13.8 Å². The molecule has 4 rings (SSSR count). The lowest BCUT2D eigenvalue weighted by Crippen LogP contribution is -1.90. The number of rotatable bonds is 4. The molecule has 0 N–H and O–H groups in total. The van der Waals surface area contributed by atoms with Crippen molar-refractivity contribution in [2.45, 2.75) is 24.6 Å². The Hall–Kier alpha value is -2.66. The Morgan fingerprint density at radius 2 is 1.76 bits per heavy atom. The number of aryl methyl sites for hydroxylation is 2. The molecule has 0 fully saturated rings. The zero-order valence-corrected chi connectivity index (χ0v) is 14.9. The summed E-state index contributed by atoms with van der Waals surface area (Å²) in [6.07, 6.45) is 0. The lowest BCUT2D eigenvalue weighted by atomic mass is 10.1. The number of para-hydroxylation sites is 1. The molecule has 124 valence electrons. The topological polar surface area (TPSA) is 51.8 Å². The zero-order valence-electron chi connectivity index (χ0n) is 14.1. The Morgan fingerprint density at radius 1 is 0.920 bits per heavy atom. The van der Waals surface area contributed by atoms with Gasteiger partial charge in [-0.25, -0.2) is 4.98 Å². The summed E-state index contributed by atoms with van der Waals surface area (Å²) in [5, 5.41) is 6.23. The van der Waals surface area contributed by atoms with Crippen LogP contribution in [0.1, 0.15) is 17.0 Å². The second-order valence-electron chi connectivity index (χ2n) is 5.91. The van der Waals surface area contributed by atoms with Crippen molar-refractivity contribution in [3.8, 4) is 11.4 Å². The number of benzene rings is 2. The highest BCUT2D eigenvalue weighted by molar-refractivity contribution is 7.98. The van der Waals surface area contributed by atoms with Gasteiger partial charge in [-0.3, -0.25) is 0 Å². The van der Waals surface area contributed by atoms with Gasteiger partial charge in [0.2, 0.25) is 11.7 Å². The smallest absolute Gasteiger partial charge is 0.237 e. The van der Waals surface area contributed by atoms with Crippen molar-refractivity contribution in [2.75, 3.05) is 0 Å². The van der Waals surface area contributed by atoms with Crippen molar-refractivity contribution in [3.05, 3.63) is 71.6 Å². The monoisotopic (exact) mass is 347 g/mol. The van der Waals surface area contributed by atoms with Gasteiger partial charge < -0.3 is 4.52 Å². The Morgan fingerprint density at radius 3 is 2.60 bits per heavy atom. The fourth-order valence-corrected chi connectivity index (χ4v) is 3.56. The molecule has 0 radical (unpaired) electrons. The van der Waals surface area contributed by atoms with Gasteiger partial charge in [0.25, 0.3) is 0 Å². The highest BCUT2D eigenvalue weighted by atomic mass is 32.2. The molecule has 0 bridgehead atoms. The molecule has 0 aliphatic heterocycles. The Balaban J connectivity index is 1.55. The van der Waals surface area contributed by atoms with Crippen LogP contribution in [0.3, 0.4) is 0 Å². The van der Waals surface area contributed by atoms with Gasteiger partial charge in [-0.05, 0) is 31.0 Å². The highest BCUT2D eigenvalue weighted by Crippen LogP contribution is 2.27. The maximum absolute atomic E-state index is 5.37. The van der Waals surface area contributed by atoms with Crippen molar-refractivity contribution < 1.29 is 4.52 Å².